The lowest BCUT2D eigenvalue weighted by molar-refractivity contribution is -0.120. The molecule has 0 unspecified atom stereocenters. The van der Waals surface area contributed by atoms with E-state index in [1.807, 2.05) is 42.5 Å². The van der Waals surface area contributed by atoms with Crippen molar-refractivity contribution in [3.63, 3.8) is 0 Å². The highest BCUT2D eigenvalue weighted by molar-refractivity contribution is 6.30. The van der Waals surface area contributed by atoms with Crippen LogP contribution < -0.4 is 11.3 Å². The molecule has 2 aromatic carbocycles. The van der Waals surface area contributed by atoms with Crippen LogP contribution in [0, 0.1) is 0 Å². The Balaban J connectivity index is 1.99. The number of nitrogens with zero attached hydrogens (tertiary/aromatic N) is 1. The van der Waals surface area contributed by atoms with E-state index in [-0.39, 0.29) is 12.3 Å². The Labute approximate surface area is 157 Å². The Morgan fingerprint density at radius 1 is 1.04 bits per heavy atom. The first-order chi connectivity index (χ1) is 12.7. The molecule has 1 aromatic heterocycles. The number of rotatable bonds is 4. The van der Waals surface area contributed by atoms with Crippen molar-refractivity contribution in [1.29, 1.82) is 0 Å². The lowest BCUT2D eigenvalue weighted by Crippen LogP contribution is -2.32. The molecule has 4 nitrogen and oxygen atoms in total. The van der Waals surface area contributed by atoms with Crippen molar-refractivity contribution in [2.24, 2.45) is 5.84 Å². The van der Waals surface area contributed by atoms with Crippen LogP contribution in [0.25, 0.3) is 22.3 Å². The van der Waals surface area contributed by atoms with Gasteiger partial charge in [0, 0.05) is 34.1 Å². The van der Waals surface area contributed by atoms with Crippen molar-refractivity contribution < 1.29 is 4.79 Å². The molecule has 1 aliphatic heterocycles. The summed E-state index contributed by atoms with van der Waals surface area (Å²) in [6.45, 7) is 0.927. The molecule has 5 heteroatoms. The van der Waals surface area contributed by atoms with Gasteiger partial charge in [-0.25, -0.2) is 5.84 Å². The van der Waals surface area contributed by atoms with Crippen molar-refractivity contribution in [2.45, 2.75) is 25.8 Å². The maximum absolute atomic E-state index is 12.1. The summed E-state index contributed by atoms with van der Waals surface area (Å²) in [5, 5.41) is 0.697. The molecule has 1 aliphatic rings. The Morgan fingerprint density at radius 3 is 2.42 bits per heavy atom. The van der Waals surface area contributed by atoms with Gasteiger partial charge in [-0.05, 0) is 36.1 Å². The standard InChI is InChI=1S/C21H20ClN3O/c22-16-10-8-15(9-11-16)21-18(13-19(26)24-23)25-12-4-7-17(25)20(21)14-5-2-1-3-6-14/h1-3,5-6,8-11H,4,7,12-13,23H2,(H,24,26). The van der Waals surface area contributed by atoms with Gasteiger partial charge in [0.15, 0.2) is 0 Å². The van der Waals surface area contributed by atoms with Crippen LogP contribution in [-0.2, 0) is 24.2 Å². The van der Waals surface area contributed by atoms with Gasteiger partial charge in [-0.3, -0.25) is 10.2 Å². The zero-order chi connectivity index (χ0) is 18.1. The highest BCUT2D eigenvalue weighted by Gasteiger charge is 2.28. The van der Waals surface area contributed by atoms with E-state index in [0.29, 0.717) is 5.02 Å². The predicted molar refractivity (Wildman–Crippen MR) is 105 cm³/mol. The number of halogens is 1. The molecule has 1 amide bonds. The van der Waals surface area contributed by atoms with Crippen LogP contribution in [-0.4, -0.2) is 10.5 Å². The van der Waals surface area contributed by atoms with Gasteiger partial charge in [-0.1, -0.05) is 54.1 Å². The van der Waals surface area contributed by atoms with Crippen molar-refractivity contribution >= 4 is 17.5 Å². The molecule has 26 heavy (non-hydrogen) atoms. The van der Waals surface area contributed by atoms with Gasteiger partial charge in [0.05, 0.1) is 6.42 Å². The maximum atomic E-state index is 12.1. The molecule has 0 bridgehead atoms. The molecule has 2 heterocycles. The van der Waals surface area contributed by atoms with Crippen LogP contribution in [0.5, 0.6) is 0 Å². The fraction of sp³-hybridized carbons (Fsp3) is 0.190. The summed E-state index contributed by atoms with van der Waals surface area (Å²) in [4.78, 5) is 12.1. The molecule has 0 spiro atoms. The Kier molecular flexibility index (Phi) is 4.53. The number of amides is 1. The molecule has 132 valence electrons. The summed E-state index contributed by atoms with van der Waals surface area (Å²) in [6.07, 6.45) is 2.36. The molecule has 0 fully saturated rings. The number of hydrogen-bond acceptors (Lipinski definition) is 2. The summed E-state index contributed by atoms with van der Waals surface area (Å²) in [5.74, 6) is 5.18. The van der Waals surface area contributed by atoms with Crippen molar-refractivity contribution in [3.05, 3.63) is 71.0 Å². The van der Waals surface area contributed by atoms with Gasteiger partial charge < -0.3 is 4.57 Å². The molecule has 3 aromatic rings. The number of hydrazine groups is 1. The minimum atomic E-state index is -0.188. The van der Waals surface area contributed by atoms with Crippen LogP contribution in [0.1, 0.15) is 17.8 Å². The zero-order valence-electron chi connectivity index (χ0n) is 14.3. The summed E-state index contributed by atoms with van der Waals surface area (Å²) >= 11 is 6.09. The molecule has 0 saturated heterocycles. The molecule has 4 rings (SSSR count). The summed E-state index contributed by atoms with van der Waals surface area (Å²) in [6, 6.07) is 18.2. The summed E-state index contributed by atoms with van der Waals surface area (Å²) in [7, 11) is 0. The smallest absolute Gasteiger partial charge is 0.239 e. The third-order valence-electron chi connectivity index (χ3n) is 4.96. The van der Waals surface area contributed by atoms with Crippen LogP contribution in [0.4, 0.5) is 0 Å². The lowest BCUT2D eigenvalue weighted by atomic mass is 9.93. The van der Waals surface area contributed by atoms with Crippen molar-refractivity contribution in [1.82, 2.24) is 9.99 Å². The Bertz CT molecular complexity index is 946. The van der Waals surface area contributed by atoms with Crippen molar-refractivity contribution in [3.8, 4) is 22.3 Å². The van der Waals surface area contributed by atoms with Gasteiger partial charge in [-0.15, -0.1) is 0 Å². The third-order valence-corrected chi connectivity index (χ3v) is 5.21. The Hall–Kier alpha value is -2.56. The van der Waals surface area contributed by atoms with E-state index < -0.39 is 0 Å². The zero-order valence-corrected chi connectivity index (χ0v) is 15.1. The minimum Gasteiger partial charge on any atom is -0.347 e. The van der Waals surface area contributed by atoms with Crippen LogP contribution in [0.15, 0.2) is 54.6 Å². The highest BCUT2D eigenvalue weighted by atomic mass is 35.5. The topological polar surface area (TPSA) is 60.0 Å². The fourth-order valence-corrected chi connectivity index (χ4v) is 4.01. The number of fused-ring (bicyclic) bond motifs is 1. The quantitative estimate of drug-likeness (QED) is 0.417. The average molecular weight is 366 g/mol. The molecule has 0 aliphatic carbocycles. The van der Waals surface area contributed by atoms with Gasteiger partial charge in [0.2, 0.25) is 5.91 Å². The predicted octanol–water partition coefficient (Wildman–Crippen LogP) is 3.95. The Morgan fingerprint density at radius 2 is 1.73 bits per heavy atom. The second-order valence-corrected chi connectivity index (χ2v) is 6.95. The second kappa shape index (κ2) is 6.98. The third kappa shape index (κ3) is 2.91. The monoisotopic (exact) mass is 365 g/mol. The first-order valence-corrected chi connectivity index (χ1v) is 9.12. The first kappa shape index (κ1) is 16.9. The number of aromatic nitrogens is 1. The average Bonchev–Trinajstić information content (AvgIpc) is 3.25. The van der Waals surface area contributed by atoms with Gasteiger partial charge in [0.25, 0.3) is 0 Å². The van der Waals surface area contributed by atoms with Crippen LogP contribution in [0.3, 0.4) is 0 Å². The highest BCUT2D eigenvalue weighted by Crippen LogP contribution is 2.43. The number of benzene rings is 2. The second-order valence-electron chi connectivity index (χ2n) is 6.52. The van der Waals surface area contributed by atoms with E-state index >= 15 is 0 Å². The van der Waals surface area contributed by atoms with Gasteiger partial charge in [0.1, 0.15) is 0 Å². The molecule has 0 atom stereocenters. The molecular weight excluding hydrogens is 346 g/mol. The summed E-state index contributed by atoms with van der Waals surface area (Å²) in [5.41, 5.74) is 9.13. The summed E-state index contributed by atoms with van der Waals surface area (Å²) < 4.78 is 2.29. The fourth-order valence-electron chi connectivity index (χ4n) is 3.89. The van der Waals surface area contributed by atoms with Crippen molar-refractivity contribution in [2.75, 3.05) is 0 Å². The molecule has 0 saturated carbocycles. The van der Waals surface area contributed by atoms with Gasteiger partial charge >= 0.3 is 0 Å². The number of nitrogens with one attached hydrogen (secondary N) is 1. The van der Waals surface area contributed by atoms with Gasteiger partial charge in [-0.2, -0.15) is 0 Å². The number of nitrogens with two attached hydrogens (primary N) is 1. The lowest BCUT2D eigenvalue weighted by Gasteiger charge is -2.11. The minimum absolute atomic E-state index is 0.188. The molecule has 3 N–H and O–H groups in total. The van der Waals surface area contributed by atoms with E-state index in [4.69, 9.17) is 17.4 Å². The largest absolute Gasteiger partial charge is 0.347 e. The van der Waals surface area contributed by atoms with E-state index in [1.54, 1.807) is 0 Å². The molecule has 0 radical (unpaired) electrons. The SMILES string of the molecule is NNC(=O)Cc1c(-c2ccc(Cl)cc2)c(-c2ccccc2)c2n1CCC2. The maximum Gasteiger partial charge on any atom is 0.239 e. The molecular formula is C21H20ClN3O. The van der Waals surface area contributed by atoms with E-state index in [9.17, 15) is 4.79 Å². The van der Waals surface area contributed by atoms with Crippen LogP contribution in [0.2, 0.25) is 5.02 Å². The van der Waals surface area contributed by atoms with Crippen LogP contribution >= 0.6 is 11.6 Å². The number of carbonyl (C=O) groups excluding carboxylic acids is 1. The normalized spacial score (nSPS) is 12.8. The number of carbonyl (C=O) groups is 1. The van der Waals surface area contributed by atoms with E-state index in [2.05, 4.69) is 22.1 Å². The number of hydrogen-bond donors (Lipinski definition) is 2. The first-order valence-electron chi connectivity index (χ1n) is 8.74. The van der Waals surface area contributed by atoms with E-state index in [0.717, 1.165) is 36.2 Å². The van der Waals surface area contributed by atoms with E-state index in [1.165, 1.54) is 16.8 Å².